The summed E-state index contributed by atoms with van der Waals surface area (Å²) in [7, 11) is 1.53. The molecule has 1 unspecified atom stereocenters. The molecule has 1 N–H and O–H groups in total. The highest BCUT2D eigenvalue weighted by molar-refractivity contribution is 7.10. The number of ether oxygens (including phenoxy) is 1. The zero-order valence-corrected chi connectivity index (χ0v) is 12.8. The molecule has 1 atom stereocenters. The lowest BCUT2D eigenvalue weighted by molar-refractivity contribution is -0.138. The summed E-state index contributed by atoms with van der Waals surface area (Å²) >= 11 is 7.66. The lowest BCUT2D eigenvalue weighted by Crippen LogP contribution is -2.14. The third-order valence-corrected chi connectivity index (χ3v) is 4.57. The molecule has 0 aliphatic carbocycles. The Labute approximate surface area is 126 Å². The summed E-state index contributed by atoms with van der Waals surface area (Å²) in [5, 5.41) is 11.9. The molecule has 0 bridgehead atoms. The molecule has 0 aliphatic rings. The van der Waals surface area contributed by atoms with E-state index in [4.69, 9.17) is 16.3 Å². The molecule has 106 valence electrons. The standard InChI is InChI=1S/C15H15ClO3S/c1-9-5-6-20-14(9)8-11(15(17)18)10-3-4-13(19-2)12(16)7-10/h3-7,11H,8H2,1-2H3,(H,17,18). The highest BCUT2D eigenvalue weighted by atomic mass is 35.5. The fourth-order valence-electron chi connectivity index (χ4n) is 2.05. The maximum atomic E-state index is 11.5. The SMILES string of the molecule is COc1ccc(C(Cc2sccc2C)C(=O)O)cc1Cl. The van der Waals surface area contributed by atoms with Crippen molar-refractivity contribution < 1.29 is 14.6 Å². The molecule has 2 aromatic rings. The van der Waals surface area contributed by atoms with Crippen LogP contribution in [0.2, 0.25) is 5.02 Å². The number of thiophene rings is 1. The number of aryl methyl sites for hydroxylation is 1. The molecule has 1 heterocycles. The summed E-state index contributed by atoms with van der Waals surface area (Å²) in [4.78, 5) is 12.6. The minimum Gasteiger partial charge on any atom is -0.495 e. The number of carboxylic acid groups (broad SMARTS) is 1. The molecule has 2 rings (SSSR count). The van der Waals surface area contributed by atoms with E-state index in [0.29, 0.717) is 22.8 Å². The number of hydrogen-bond donors (Lipinski definition) is 1. The van der Waals surface area contributed by atoms with E-state index in [1.165, 1.54) is 7.11 Å². The van der Waals surface area contributed by atoms with Crippen LogP contribution in [0, 0.1) is 6.92 Å². The third kappa shape index (κ3) is 3.14. The lowest BCUT2D eigenvalue weighted by atomic mass is 9.94. The molecule has 1 aromatic carbocycles. The number of benzene rings is 1. The van der Waals surface area contributed by atoms with Crippen molar-refractivity contribution in [3.8, 4) is 5.75 Å². The van der Waals surface area contributed by atoms with E-state index in [9.17, 15) is 9.90 Å². The van der Waals surface area contributed by atoms with E-state index < -0.39 is 11.9 Å². The summed E-state index contributed by atoms with van der Waals surface area (Å²) in [5.41, 5.74) is 1.82. The van der Waals surface area contributed by atoms with Crippen molar-refractivity contribution in [3.05, 3.63) is 50.7 Å². The van der Waals surface area contributed by atoms with Crippen LogP contribution in [0.5, 0.6) is 5.75 Å². The van der Waals surface area contributed by atoms with Crippen molar-refractivity contribution in [2.75, 3.05) is 7.11 Å². The molecule has 0 saturated heterocycles. The van der Waals surface area contributed by atoms with Crippen LogP contribution in [0.4, 0.5) is 0 Å². The quantitative estimate of drug-likeness (QED) is 0.903. The van der Waals surface area contributed by atoms with Crippen LogP contribution in [0.15, 0.2) is 29.6 Å². The average molecular weight is 311 g/mol. The largest absolute Gasteiger partial charge is 0.495 e. The second kappa shape index (κ2) is 6.29. The van der Waals surface area contributed by atoms with Crippen LogP contribution in [0.3, 0.4) is 0 Å². The summed E-state index contributed by atoms with van der Waals surface area (Å²) in [6, 6.07) is 7.13. The minimum absolute atomic E-state index is 0.430. The number of hydrogen-bond acceptors (Lipinski definition) is 3. The first-order valence-electron chi connectivity index (χ1n) is 6.12. The molecule has 0 spiro atoms. The van der Waals surface area contributed by atoms with Gasteiger partial charge in [0.05, 0.1) is 18.1 Å². The smallest absolute Gasteiger partial charge is 0.311 e. The first kappa shape index (κ1) is 14.9. The maximum Gasteiger partial charge on any atom is 0.311 e. The predicted molar refractivity (Wildman–Crippen MR) is 81.1 cm³/mol. The van der Waals surface area contributed by atoms with E-state index in [-0.39, 0.29) is 0 Å². The van der Waals surface area contributed by atoms with Crippen molar-refractivity contribution >= 4 is 28.9 Å². The van der Waals surface area contributed by atoms with Crippen molar-refractivity contribution in [2.24, 2.45) is 0 Å². The Bertz CT molecular complexity index is 621. The third-order valence-electron chi connectivity index (χ3n) is 3.23. The molecule has 0 saturated carbocycles. The molecule has 3 nitrogen and oxygen atoms in total. The molecule has 0 amide bonds. The molecular weight excluding hydrogens is 296 g/mol. The fraction of sp³-hybridized carbons (Fsp3) is 0.267. The Morgan fingerprint density at radius 2 is 2.20 bits per heavy atom. The van der Waals surface area contributed by atoms with Crippen LogP contribution >= 0.6 is 22.9 Å². The zero-order chi connectivity index (χ0) is 14.7. The van der Waals surface area contributed by atoms with Gasteiger partial charge in [-0.25, -0.2) is 0 Å². The number of aliphatic carboxylic acids is 1. The number of rotatable bonds is 5. The summed E-state index contributed by atoms with van der Waals surface area (Å²) in [6.07, 6.45) is 0.474. The lowest BCUT2D eigenvalue weighted by Gasteiger charge is -2.14. The number of methoxy groups -OCH3 is 1. The van der Waals surface area contributed by atoms with Gasteiger partial charge >= 0.3 is 5.97 Å². The zero-order valence-electron chi connectivity index (χ0n) is 11.2. The van der Waals surface area contributed by atoms with Gasteiger partial charge in [-0.2, -0.15) is 0 Å². The van der Waals surface area contributed by atoms with Gasteiger partial charge in [-0.05, 0) is 48.1 Å². The monoisotopic (exact) mass is 310 g/mol. The first-order chi connectivity index (χ1) is 9.52. The van der Waals surface area contributed by atoms with E-state index in [0.717, 1.165) is 10.4 Å². The normalized spacial score (nSPS) is 12.2. The summed E-state index contributed by atoms with van der Waals surface area (Å²) in [6.45, 7) is 1.99. The van der Waals surface area contributed by atoms with Gasteiger partial charge < -0.3 is 9.84 Å². The highest BCUT2D eigenvalue weighted by Gasteiger charge is 2.22. The first-order valence-corrected chi connectivity index (χ1v) is 7.38. The van der Waals surface area contributed by atoms with Gasteiger partial charge in [-0.3, -0.25) is 4.79 Å². The van der Waals surface area contributed by atoms with Gasteiger partial charge in [0.2, 0.25) is 0 Å². The van der Waals surface area contributed by atoms with Crippen LogP contribution < -0.4 is 4.74 Å². The average Bonchev–Trinajstić information content (AvgIpc) is 2.81. The van der Waals surface area contributed by atoms with Gasteiger partial charge in [0, 0.05) is 4.88 Å². The molecule has 5 heteroatoms. The topological polar surface area (TPSA) is 46.5 Å². The number of carboxylic acids is 1. The van der Waals surface area contributed by atoms with Gasteiger partial charge in [-0.1, -0.05) is 17.7 Å². The minimum atomic E-state index is -0.848. The Morgan fingerprint density at radius 3 is 2.70 bits per heavy atom. The molecule has 20 heavy (non-hydrogen) atoms. The molecule has 0 aliphatic heterocycles. The van der Waals surface area contributed by atoms with E-state index in [2.05, 4.69) is 0 Å². The number of halogens is 1. The van der Waals surface area contributed by atoms with Crippen molar-refractivity contribution in [1.29, 1.82) is 0 Å². The van der Waals surface area contributed by atoms with Crippen molar-refractivity contribution in [3.63, 3.8) is 0 Å². The van der Waals surface area contributed by atoms with Crippen LogP contribution in [-0.4, -0.2) is 18.2 Å². The van der Waals surface area contributed by atoms with Crippen molar-refractivity contribution in [2.45, 2.75) is 19.3 Å². The Morgan fingerprint density at radius 1 is 1.45 bits per heavy atom. The van der Waals surface area contributed by atoms with Gasteiger partial charge in [-0.15, -0.1) is 11.3 Å². The highest BCUT2D eigenvalue weighted by Crippen LogP contribution is 2.31. The van der Waals surface area contributed by atoms with Crippen LogP contribution in [0.25, 0.3) is 0 Å². The van der Waals surface area contributed by atoms with Gasteiger partial charge in [0.1, 0.15) is 5.75 Å². The summed E-state index contributed by atoms with van der Waals surface area (Å²) in [5.74, 6) is -0.901. The molecule has 0 fully saturated rings. The predicted octanol–water partition coefficient (Wildman–Crippen LogP) is 4.13. The Balaban J connectivity index is 2.32. The Kier molecular flexibility index (Phi) is 4.68. The van der Waals surface area contributed by atoms with Crippen LogP contribution in [0.1, 0.15) is 21.9 Å². The molecule has 1 aromatic heterocycles. The Hall–Kier alpha value is -1.52. The maximum absolute atomic E-state index is 11.5. The second-order valence-corrected chi connectivity index (χ2v) is 5.92. The fourth-order valence-corrected chi connectivity index (χ4v) is 3.27. The van der Waals surface area contributed by atoms with Crippen molar-refractivity contribution in [1.82, 2.24) is 0 Å². The summed E-state index contributed by atoms with van der Waals surface area (Å²) < 4.78 is 5.09. The van der Waals surface area contributed by atoms with E-state index >= 15 is 0 Å². The molecular formula is C15H15ClO3S. The van der Waals surface area contributed by atoms with E-state index in [1.54, 1.807) is 29.5 Å². The second-order valence-electron chi connectivity index (χ2n) is 4.52. The molecule has 0 radical (unpaired) electrons. The van der Waals surface area contributed by atoms with Crippen LogP contribution in [-0.2, 0) is 11.2 Å². The van der Waals surface area contributed by atoms with E-state index in [1.807, 2.05) is 18.4 Å². The number of carbonyl (C=O) groups is 1. The van der Waals surface area contributed by atoms with Gasteiger partial charge in [0.25, 0.3) is 0 Å². The van der Waals surface area contributed by atoms with Gasteiger partial charge in [0.15, 0.2) is 0 Å².